The van der Waals surface area contributed by atoms with Crippen LogP contribution in [-0.4, -0.2) is 12.8 Å². The quantitative estimate of drug-likeness (QED) is 0.729. The van der Waals surface area contributed by atoms with Crippen LogP contribution >= 0.6 is 12.6 Å². The molecule has 0 aliphatic carbocycles. The Morgan fingerprint density at radius 1 is 1.13 bits per heavy atom. The van der Waals surface area contributed by atoms with Crippen LogP contribution in [0.1, 0.15) is 43.4 Å². The maximum absolute atomic E-state index is 4.28. The van der Waals surface area contributed by atoms with Crippen molar-refractivity contribution in [3.05, 3.63) is 35.4 Å². The summed E-state index contributed by atoms with van der Waals surface area (Å²) in [4.78, 5) is 0. The summed E-state index contributed by atoms with van der Waals surface area (Å²) in [5, 5.41) is 3.32. The van der Waals surface area contributed by atoms with Gasteiger partial charge in [0.05, 0.1) is 0 Å². The average molecular weight is 223 g/mol. The second kappa shape index (κ2) is 6.19. The minimum atomic E-state index is 0.434. The summed E-state index contributed by atoms with van der Waals surface area (Å²) in [5.74, 6) is 1.52. The normalized spacial score (nSPS) is 13.1. The number of nitrogens with one attached hydrogen (secondary N) is 1. The van der Waals surface area contributed by atoms with Crippen LogP contribution in [0.4, 0.5) is 0 Å². The molecule has 1 rings (SSSR count). The van der Waals surface area contributed by atoms with Gasteiger partial charge >= 0.3 is 0 Å². The van der Waals surface area contributed by atoms with Crippen LogP contribution in [0.15, 0.2) is 24.3 Å². The summed E-state index contributed by atoms with van der Waals surface area (Å²) in [6, 6.07) is 9.33. The number of rotatable bonds is 5. The van der Waals surface area contributed by atoms with E-state index >= 15 is 0 Å². The molecular formula is C13H21NS. The first-order chi connectivity index (χ1) is 7.19. The Kier molecular flexibility index (Phi) is 5.20. The first kappa shape index (κ1) is 12.6. The molecule has 0 saturated heterocycles. The van der Waals surface area contributed by atoms with Gasteiger partial charge in [-0.15, -0.1) is 0 Å². The molecule has 1 unspecified atom stereocenters. The van der Waals surface area contributed by atoms with E-state index in [-0.39, 0.29) is 0 Å². The van der Waals surface area contributed by atoms with Gasteiger partial charge < -0.3 is 5.32 Å². The predicted octanol–water partition coefficient (Wildman–Crippen LogP) is 3.39. The van der Waals surface area contributed by atoms with Gasteiger partial charge in [0.15, 0.2) is 0 Å². The van der Waals surface area contributed by atoms with E-state index in [1.54, 1.807) is 0 Å². The highest BCUT2D eigenvalue weighted by Gasteiger charge is 2.08. The van der Waals surface area contributed by atoms with Crippen LogP contribution in [-0.2, 0) is 0 Å². The molecule has 0 spiro atoms. The van der Waals surface area contributed by atoms with Crippen molar-refractivity contribution >= 4 is 12.6 Å². The van der Waals surface area contributed by atoms with Gasteiger partial charge in [0.25, 0.3) is 0 Å². The van der Waals surface area contributed by atoms with Crippen molar-refractivity contribution in [2.45, 2.75) is 32.2 Å². The van der Waals surface area contributed by atoms with Crippen molar-refractivity contribution < 1.29 is 0 Å². The van der Waals surface area contributed by atoms with Gasteiger partial charge in [0.1, 0.15) is 0 Å². The fraction of sp³-hybridized carbons (Fsp3) is 0.538. The van der Waals surface area contributed by atoms with Crippen LogP contribution < -0.4 is 5.32 Å². The predicted molar refractivity (Wildman–Crippen MR) is 70.8 cm³/mol. The van der Waals surface area contributed by atoms with E-state index in [1.165, 1.54) is 11.1 Å². The summed E-state index contributed by atoms with van der Waals surface area (Å²) in [5.41, 5.74) is 2.76. The maximum atomic E-state index is 4.28. The molecule has 1 nitrogen and oxygen atoms in total. The first-order valence-corrected chi connectivity index (χ1v) is 6.20. The van der Waals surface area contributed by atoms with Crippen molar-refractivity contribution in [2.75, 3.05) is 12.8 Å². The molecule has 0 fully saturated rings. The monoisotopic (exact) mass is 223 g/mol. The van der Waals surface area contributed by atoms with Crippen LogP contribution in [0.25, 0.3) is 0 Å². The van der Waals surface area contributed by atoms with Gasteiger partial charge in [-0.1, -0.05) is 38.1 Å². The van der Waals surface area contributed by atoms with E-state index in [1.807, 2.05) is 7.05 Å². The Hall–Kier alpha value is -0.470. The third kappa shape index (κ3) is 3.54. The van der Waals surface area contributed by atoms with E-state index in [9.17, 15) is 0 Å². The summed E-state index contributed by atoms with van der Waals surface area (Å²) >= 11 is 4.28. The molecule has 0 radical (unpaired) electrons. The average Bonchev–Trinajstić information content (AvgIpc) is 2.26. The van der Waals surface area contributed by atoms with E-state index in [0.29, 0.717) is 12.0 Å². The van der Waals surface area contributed by atoms with Gasteiger partial charge in [-0.05, 0) is 36.3 Å². The maximum Gasteiger partial charge on any atom is 0.0325 e. The molecule has 0 bridgehead atoms. The molecule has 1 atom stereocenters. The minimum absolute atomic E-state index is 0.434. The summed E-state index contributed by atoms with van der Waals surface area (Å²) in [7, 11) is 2.00. The fourth-order valence-corrected chi connectivity index (χ4v) is 1.98. The molecular weight excluding hydrogens is 202 g/mol. The van der Waals surface area contributed by atoms with Gasteiger partial charge in [-0.3, -0.25) is 0 Å². The highest BCUT2D eigenvalue weighted by molar-refractivity contribution is 7.80. The van der Waals surface area contributed by atoms with Crippen molar-refractivity contribution in [3.8, 4) is 0 Å². The van der Waals surface area contributed by atoms with Gasteiger partial charge in [-0.2, -0.15) is 12.6 Å². The lowest BCUT2D eigenvalue weighted by molar-refractivity contribution is 0.581. The molecule has 1 N–H and O–H groups in total. The minimum Gasteiger partial charge on any atom is -0.313 e. The first-order valence-electron chi connectivity index (χ1n) is 5.57. The fourth-order valence-electron chi connectivity index (χ4n) is 1.72. The summed E-state index contributed by atoms with van der Waals surface area (Å²) in [6.45, 7) is 4.44. The molecule has 0 aliphatic rings. The molecule has 0 heterocycles. The van der Waals surface area contributed by atoms with Gasteiger partial charge in [0, 0.05) is 6.04 Å². The topological polar surface area (TPSA) is 12.0 Å². The molecule has 84 valence electrons. The lowest BCUT2D eigenvalue weighted by Gasteiger charge is -2.16. The van der Waals surface area contributed by atoms with Crippen LogP contribution in [0.2, 0.25) is 0 Å². The highest BCUT2D eigenvalue weighted by Crippen LogP contribution is 2.20. The number of hydrogen-bond donors (Lipinski definition) is 2. The summed E-state index contributed by atoms with van der Waals surface area (Å²) < 4.78 is 0. The lowest BCUT2D eigenvalue weighted by Crippen LogP contribution is -2.16. The van der Waals surface area contributed by atoms with Gasteiger partial charge in [-0.25, -0.2) is 0 Å². The highest BCUT2D eigenvalue weighted by atomic mass is 32.1. The molecule has 0 aliphatic heterocycles. The SMILES string of the molecule is CNC(CCS)c1ccc(C(C)C)cc1. The Balaban J connectivity index is 2.77. The number of thiol groups is 1. The van der Waals surface area contributed by atoms with Crippen molar-refractivity contribution in [2.24, 2.45) is 0 Å². The molecule has 15 heavy (non-hydrogen) atoms. The Labute approximate surface area is 98.7 Å². The van der Waals surface area contributed by atoms with Crippen molar-refractivity contribution in [3.63, 3.8) is 0 Å². The van der Waals surface area contributed by atoms with E-state index in [0.717, 1.165) is 12.2 Å². The summed E-state index contributed by atoms with van der Waals surface area (Å²) in [6.07, 6.45) is 1.07. The molecule has 2 heteroatoms. The number of benzene rings is 1. The van der Waals surface area contributed by atoms with Crippen molar-refractivity contribution in [1.82, 2.24) is 5.32 Å². The number of hydrogen-bond acceptors (Lipinski definition) is 2. The Morgan fingerprint density at radius 2 is 1.67 bits per heavy atom. The van der Waals surface area contributed by atoms with Crippen LogP contribution in [0.5, 0.6) is 0 Å². The smallest absolute Gasteiger partial charge is 0.0325 e. The van der Waals surface area contributed by atoms with Crippen molar-refractivity contribution in [1.29, 1.82) is 0 Å². The Morgan fingerprint density at radius 3 is 2.07 bits per heavy atom. The second-order valence-corrected chi connectivity index (χ2v) is 4.62. The third-order valence-corrected chi connectivity index (χ3v) is 3.03. The lowest BCUT2D eigenvalue weighted by atomic mass is 9.98. The third-order valence-electron chi connectivity index (χ3n) is 2.77. The van der Waals surface area contributed by atoms with Crippen LogP contribution in [0.3, 0.4) is 0 Å². The van der Waals surface area contributed by atoms with Gasteiger partial charge in [0.2, 0.25) is 0 Å². The van der Waals surface area contributed by atoms with E-state index < -0.39 is 0 Å². The zero-order valence-electron chi connectivity index (χ0n) is 9.83. The molecule has 0 amide bonds. The zero-order chi connectivity index (χ0) is 11.3. The van der Waals surface area contributed by atoms with E-state index in [4.69, 9.17) is 0 Å². The Bertz CT molecular complexity index is 279. The van der Waals surface area contributed by atoms with E-state index in [2.05, 4.69) is 56.1 Å². The van der Waals surface area contributed by atoms with Crippen LogP contribution in [0, 0.1) is 0 Å². The molecule has 1 aromatic rings. The molecule has 1 aromatic carbocycles. The molecule has 0 aromatic heterocycles. The zero-order valence-corrected chi connectivity index (χ0v) is 10.7. The standard InChI is InChI=1S/C13H21NS/c1-10(2)11-4-6-12(7-5-11)13(14-3)8-9-15/h4-7,10,13-15H,8-9H2,1-3H3. The largest absolute Gasteiger partial charge is 0.313 e. The molecule has 0 saturated carbocycles. The second-order valence-electron chi connectivity index (χ2n) is 4.17.